The number of para-hydroxylation sites is 1. The molecule has 1 heterocycles. The van der Waals surface area contributed by atoms with Crippen LogP contribution in [0, 0.1) is 0 Å². The molecule has 0 fully saturated rings. The Bertz CT molecular complexity index is 437. The molecule has 2 aromatic rings. The molecule has 76 valence electrons. The van der Waals surface area contributed by atoms with Crippen LogP contribution in [0.15, 0.2) is 58.2 Å². The van der Waals surface area contributed by atoms with E-state index in [2.05, 4.69) is 10.5 Å². The van der Waals surface area contributed by atoms with E-state index >= 15 is 0 Å². The highest BCUT2D eigenvalue weighted by atomic mass is 35.5. The lowest BCUT2D eigenvalue weighted by molar-refractivity contribution is 0.559. The molecule has 0 amide bonds. The van der Waals surface area contributed by atoms with Crippen molar-refractivity contribution in [1.29, 1.82) is 0 Å². The van der Waals surface area contributed by atoms with E-state index in [9.17, 15) is 0 Å². The fourth-order valence-electron chi connectivity index (χ4n) is 1.08. The first-order chi connectivity index (χ1) is 7.36. The number of nitrogens with zero attached hydrogens (tertiary/aromatic N) is 1. The summed E-state index contributed by atoms with van der Waals surface area (Å²) in [4.78, 5) is 0. The number of halogens is 1. The highest BCUT2D eigenvalue weighted by Crippen LogP contribution is 2.08. The molecule has 1 N–H and O–H groups in total. The molecule has 0 unspecified atom stereocenters. The monoisotopic (exact) mass is 220 g/mol. The maximum absolute atomic E-state index is 5.89. The van der Waals surface area contributed by atoms with Gasteiger partial charge in [0, 0.05) is 0 Å². The van der Waals surface area contributed by atoms with E-state index in [1.54, 1.807) is 18.4 Å². The molecule has 0 saturated heterocycles. The lowest BCUT2D eigenvalue weighted by Crippen LogP contribution is -1.95. The Morgan fingerprint density at radius 1 is 1.13 bits per heavy atom. The number of furan rings is 1. The summed E-state index contributed by atoms with van der Waals surface area (Å²) in [5, 5.41) is 4.27. The molecule has 0 atom stereocenters. The van der Waals surface area contributed by atoms with Crippen LogP contribution in [-0.2, 0) is 0 Å². The van der Waals surface area contributed by atoms with Gasteiger partial charge < -0.3 is 4.42 Å². The highest BCUT2D eigenvalue weighted by molar-refractivity contribution is 6.69. The number of nitrogens with one attached hydrogen (secondary N) is 1. The summed E-state index contributed by atoms with van der Waals surface area (Å²) in [6.07, 6.45) is 1.55. The number of anilines is 1. The average Bonchev–Trinajstić information content (AvgIpc) is 2.81. The maximum atomic E-state index is 5.89. The number of hydrazone groups is 1. The van der Waals surface area contributed by atoms with Crippen molar-refractivity contribution in [3.8, 4) is 0 Å². The molecular formula is C11H9ClN2O. The van der Waals surface area contributed by atoms with Crippen LogP contribution in [0.2, 0.25) is 0 Å². The predicted molar refractivity (Wildman–Crippen MR) is 61.2 cm³/mol. The van der Waals surface area contributed by atoms with Gasteiger partial charge in [-0.15, -0.1) is 0 Å². The Kier molecular flexibility index (Phi) is 3.05. The normalized spacial score (nSPS) is 11.4. The van der Waals surface area contributed by atoms with Crippen LogP contribution in [0.25, 0.3) is 0 Å². The molecule has 0 bridgehead atoms. The Morgan fingerprint density at radius 3 is 2.60 bits per heavy atom. The second-order valence-corrected chi connectivity index (χ2v) is 3.22. The van der Waals surface area contributed by atoms with Crippen LogP contribution in [0.1, 0.15) is 5.76 Å². The first kappa shape index (κ1) is 9.80. The third kappa shape index (κ3) is 2.60. The quantitative estimate of drug-likeness (QED) is 0.637. The molecule has 1 aromatic heterocycles. The topological polar surface area (TPSA) is 37.5 Å². The second kappa shape index (κ2) is 4.66. The van der Waals surface area contributed by atoms with E-state index in [4.69, 9.17) is 16.0 Å². The van der Waals surface area contributed by atoms with Gasteiger partial charge in [0.05, 0.1) is 12.0 Å². The number of hydrogen-bond donors (Lipinski definition) is 1. The van der Waals surface area contributed by atoms with E-state index in [1.165, 1.54) is 0 Å². The summed E-state index contributed by atoms with van der Waals surface area (Å²) in [5.74, 6) is 0.542. The number of benzene rings is 1. The summed E-state index contributed by atoms with van der Waals surface area (Å²) < 4.78 is 5.08. The number of hydrogen-bond acceptors (Lipinski definition) is 3. The minimum absolute atomic E-state index is 0.295. The Balaban J connectivity index is 2.06. The largest absolute Gasteiger partial charge is 0.462 e. The standard InChI is InChI=1S/C11H9ClN2O/c12-11(10-7-4-8-15-10)14-13-9-5-2-1-3-6-9/h1-8,13H. The smallest absolute Gasteiger partial charge is 0.191 e. The van der Waals surface area contributed by atoms with Crippen molar-refractivity contribution in [1.82, 2.24) is 0 Å². The number of rotatable bonds is 3. The third-order valence-electron chi connectivity index (χ3n) is 1.78. The van der Waals surface area contributed by atoms with Crippen LogP contribution in [0.4, 0.5) is 5.69 Å². The molecule has 4 heteroatoms. The van der Waals surface area contributed by atoms with Crippen molar-refractivity contribution in [2.75, 3.05) is 5.43 Å². The van der Waals surface area contributed by atoms with Crippen LogP contribution in [0.3, 0.4) is 0 Å². The molecule has 0 aliphatic rings. The van der Waals surface area contributed by atoms with Crippen molar-refractivity contribution < 1.29 is 4.42 Å². The Labute approximate surface area is 92.4 Å². The molecule has 1 aromatic carbocycles. The van der Waals surface area contributed by atoms with Gasteiger partial charge in [0.15, 0.2) is 10.9 Å². The van der Waals surface area contributed by atoms with Crippen LogP contribution in [0.5, 0.6) is 0 Å². The van der Waals surface area contributed by atoms with Crippen molar-refractivity contribution in [3.05, 3.63) is 54.5 Å². The Morgan fingerprint density at radius 2 is 1.93 bits per heavy atom. The van der Waals surface area contributed by atoms with Gasteiger partial charge in [-0.05, 0) is 24.3 Å². The summed E-state index contributed by atoms with van der Waals surface area (Å²) in [6.45, 7) is 0. The minimum Gasteiger partial charge on any atom is -0.462 e. The van der Waals surface area contributed by atoms with Crippen molar-refractivity contribution in [2.24, 2.45) is 5.10 Å². The van der Waals surface area contributed by atoms with Gasteiger partial charge in [-0.25, -0.2) is 0 Å². The third-order valence-corrected chi connectivity index (χ3v) is 2.05. The summed E-state index contributed by atoms with van der Waals surface area (Å²) in [6, 6.07) is 13.1. The van der Waals surface area contributed by atoms with Gasteiger partial charge >= 0.3 is 0 Å². The van der Waals surface area contributed by atoms with Gasteiger partial charge in [0.2, 0.25) is 0 Å². The summed E-state index contributed by atoms with van der Waals surface area (Å²) in [7, 11) is 0. The molecule has 3 nitrogen and oxygen atoms in total. The zero-order valence-electron chi connectivity index (χ0n) is 7.85. The molecule has 15 heavy (non-hydrogen) atoms. The van der Waals surface area contributed by atoms with E-state index in [0.29, 0.717) is 10.9 Å². The van der Waals surface area contributed by atoms with Gasteiger partial charge in [0.25, 0.3) is 0 Å². The first-order valence-corrected chi connectivity index (χ1v) is 4.82. The fraction of sp³-hybridized carbons (Fsp3) is 0. The van der Waals surface area contributed by atoms with Crippen LogP contribution < -0.4 is 5.43 Å². The molecule has 0 radical (unpaired) electrons. The van der Waals surface area contributed by atoms with Crippen molar-refractivity contribution >= 4 is 22.5 Å². The first-order valence-electron chi connectivity index (χ1n) is 4.44. The molecule has 0 aliphatic heterocycles. The molecular weight excluding hydrogens is 212 g/mol. The Hall–Kier alpha value is -1.74. The zero-order valence-corrected chi connectivity index (χ0v) is 8.61. The van der Waals surface area contributed by atoms with E-state index in [1.807, 2.05) is 30.3 Å². The molecule has 0 saturated carbocycles. The van der Waals surface area contributed by atoms with Gasteiger partial charge in [0.1, 0.15) is 0 Å². The van der Waals surface area contributed by atoms with E-state index in [0.717, 1.165) is 5.69 Å². The lowest BCUT2D eigenvalue weighted by atomic mass is 10.3. The molecule has 0 aliphatic carbocycles. The maximum Gasteiger partial charge on any atom is 0.191 e. The lowest BCUT2D eigenvalue weighted by Gasteiger charge is -1.99. The summed E-state index contributed by atoms with van der Waals surface area (Å²) in [5.41, 5.74) is 3.71. The highest BCUT2D eigenvalue weighted by Gasteiger charge is 2.01. The zero-order chi connectivity index (χ0) is 10.5. The van der Waals surface area contributed by atoms with Gasteiger partial charge in [-0.2, -0.15) is 5.10 Å². The minimum atomic E-state index is 0.295. The van der Waals surface area contributed by atoms with Crippen molar-refractivity contribution in [3.63, 3.8) is 0 Å². The van der Waals surface area contributed by atoms with Crippen LogP contribution in [-0.4, -0.2) is 5.17 Å². The average molecular weight is 221 g/mol. The van der Waals surface area contributed by atoms with Crippen LogP contribution >= 0.6 is 11.6 Å². The van der Waals surface area contributed by atoms with Gasteiger partial charge in [-0.3, -0.25) is 5.43 Å². The molecule has 0 spiro atoms. The predicted octanol–water partition coefficient (Wildman–Crippen LogP) is 3.29. The van der Waals surface area contributed by atoms with E-state index in [-0.39, 0.29) is 0 Å². The van der Waals surface area contributed by atoms with Gasteiger partial charge in [-0.1, -0.05) is 29.8 Å². The fourth-order valence-corrected chi connectivity index (χ4v) is 1.23. The SMILES string of the molecule is ClC(=NNc1ccccc1)c1ccco1. The summed E-state index contributed by atoms with van der Waals surface area (Å²) >= 11 is 5.89. The molecule has 2 rings (SSSR count). The second-order valence-electron chi connectivity index (χ2n) is 2.86. The van der Waals surface area contributed by atoms with E-state index < -0.39 is 0 Å². The van der Waals surface area contributed by atoms with Crippen molar-refractivity contribution in [2.45, 2.75) is 0 Å².